The van der Waals surface area contributed by atoms with Gasteiger partial charge in [0, 0.05) is 35.1 Å². The Kier molecular flexibility index (Phi) is 6.64. The molecule has 3 rings (SSSR count). The lowest BCUT2D eigenvalue weighted by atomic mass is 9.94. The van der Waals surface area contributed by atoms with Crippen molar-refractivity contribution in [1.82, 2.24) is 0 Å². The first-order chi connectivity index (χ1) is 15.3. The van der Waals surface area contributed by atoms with Crippen molar-refractivity contribution in [3.63, 3.8) is 0 Å². The number of rotatable bonds is 5. The van der Waals surface area contributed by atoms with Crippen LogP contribution in [0, 0.1) is 34.0 Å². The summed E-state index contributed by atoms with van der Waals surface area (Å²) in [7, 11) is 4.03. The SMILES string of the molecule is CN(C)c1ccc(/C=C/c2ccc(/C=C/C3=C(C#N)C(=C(C#N)C#N)OC3(C)C)s2)cc1. The van der Waals surface area contributed by atoms with Gasteiger partial charge in [-0.15, -0.1) is 11.3 Å². The molecule has 0 bridgehead atoms. The van der Waals surface area contributed by atoms with E-state index >= 15 is 0 Å². The number of nitrogens with zero attached hydrogens (tertiary/aromatic N) is 4. The smallest absolute Gasteiger partial charge is 0.172 e. The Morgan fingerprint density at radius 3 is 2.03 bits per heavy atom. The predicted octanol–water partition coefficient (Wildman–Crippen LogP) is 5.93. The molecule has 158 valence electrons. The van der Waals surface area contributed by atoms with Gasteiger partial charge in [0.15, 0.2) is 11.3 Å². The third kappa shape index (κ3) is 4.81. The predicted molar refractivity (Wildman–Crippen MR) is 129 cm³/mol. The second-order valence-electron chi connectivity index (χ2n) is 7.83. The minimum absolute atomic E-state index is 0.0530. The zero-order chi connectivity index (χ0) is 23.3. The fourth-order valence-corrected chi connectivity index (χ4v) is 4.07. The molecular weight excluding hydrogens is 416 g/mol. The van der Waals surface area contributed by atoms with Crippen LogP contribution in [0.5, 0.6) is 0 Å². The van der Waals surface area contributed by atoms with E-state index in [9.17, 15) is 15.8 Å². The maximum absolute atomic E-state index is 9.62. The summed E-state index contributed by atoms with van der Waals surface area (Å²) in [5.74, 6) is 0.0530. The Hall–Kier alpha value is -4.05. The first-order valence-corrected chi connectivity index (χ1v) is 10.7. The van der Waals surface area contributed by atoms with E-state index in [1.807, 2.05) is 52.2 Å². The number of hydrogen-bond donors (Lipinski definition) is 0. The number of allylic oxidation sites excluding steroid dienone is 2. The molecule has 0 amide bonds. The fraction of sp³-hybridized carbons (Fsp3) is 0.192. The standard InChI is InChI=1S/C26H22N4OS/c1-26(2)24(23(17-29)25(31-26)19(15-27)16-28)14-13-22-12-11-21(32-22)10-7-18-5-8-20(9-6-18)30(3)4/h5-14H,1-4H3/b10-7+,14-13+. The van der Waals surface area contributed by atoms with Gasteiger partial charge in [0.2, 0.25) is 0 Å². The Morgan fingerprint density at radius 1 is 0.906 bits per heavy atom. The molecule has 0 radical (unpaired) electrons. The lowest BCUT2D eigenvalue weighted by Crippen LogP contribution is -2.20. The van der Waals surface area contributed by atoms with Crippen LogP contribution in [-0.2, 0) is 4.74 Å². The summed E-state index contributed by atoms with van der Waals surface area (Å²) >= 11 is 1.62. The summed E-state index contributed by atoms with van der Waals surface area (Å²) in [5, 5.41) is 28.0. The molecule has 2 heterocycles. The van der Waals surface area contributed by atoms with Gasteiger partial charge in [0.1, 0.15) is 29.4 Å². The summed E-state index contributed by atoms with van der Waals surface area (Å²) < 4.78 is 5.79. The van der Waals surface area contributed by atoms with E-state index in [4.69, 9.17) is 4.74 Å². The molecule has 0 fully saturated rings. The highest BCUT2D eigenvalue weighted by Gasteiger charge is 2.38. The topological polar surface area (TPSA) is 83.8 Å². The number of anilines is 1. The van der Waals surface area contributed by atoms with E-state index in [1.54, 1.807) is 23.5 Å². The van der Waals surface area contributed by atoms with Gasteiger partial charge in [-0.2, -0.15) is 15.8 Å². The second-order valence-corrected chi connectivity index (χ2v) is 8.98. The van der Waals surface area contributed by atoms with Gasteiger partial charge < -0.3 is 9.64 Å². The van der Waals surface area contributed by atoms with Gasteiger partial charge in [-0.1, -0.05) is 24.3 Å². The quantitative estimate of drug-likeness (QED) is 0.540. The van der Waals surface area contributed by atoms with Gasteiger partial charge in [-0.25, -0.2) is 0 Å². The first-order valence-electron chi connectivity index (χ1n) is 9.91. The molecule has 0 unspecified atom stereocenters. The molecule has 0 atom stereocenters. The number of nitriles is 3. The molecule has 32 heavy (non-hydrogen) atoms. The number of thiophene rings is 1. The van der Waals surface area contributed by atoms with Crippen LogP contribution in [0.4, 0.5) is 5.69 Å². The zero-order valence-electron chi connectivity index (χ0n) is 18.4. The molecule has 1 aromatic heterocycles. The van der Waals surface area contributed by atoms with Gasteiger partial charge in [0.25, 0.3) is 0 Å². The van der Waals surface area contributed by atoms with Gasteiger partial charge in [-0.3, -0.25) is 0 Å². The van der Waals surface area contributed by atoms with Crippen molar-refractivity contribution in [1.29, 1.82) is 15.8 Å². The van der Waals surface area contributed by atoms with E-state index in [1.165, 1.54) is 0 Å². The van der Waals surface area contributed by atoms with Crippen molar-refractivity contribution >= 4 is 35.3 Å². The van der Waals surface area contributed by atoms with E-state index in [-0.39, 0.29) is 16.9 Å². The number of benzene rings is 1. The van der Waals surface area contributed by atoms with Gasteiger partial charge in [-0.05, 0) is 55.8 Å². The van der Waals surface area contributed by atoms with E-state index in [0.29, 0.717) is 5.57 Å². The molecule has 0 aliphatic carbocycles. The number of hydrogen-bond acceptors (Lipinski definition) is 6. The normalized spacial score (nSPS) is 14.8. The van der Waals surface area contributed by atoms with Crippen molar-refractivity contribution in [3.8, 4) is 18.2 Å². The molecule has 1 aromatic carbocycles. The highest BCUT2D eigenvalue weighted by atomic mass is 32.1. The summed E-state index contributed by atoms with van der Waals surface area (Å²) in [6.07, 6.45) is 7.90. The summed E-state index contributed by atoms with van der Waals surface area (Å²) in [4.78, 5) is 4.19. The second kappa shape index (κ2) is 9.40. The molecule has 0 spiro atoms. The third-order valence-corrected chi connectivity index (χ3v) is 5.99. The molecule has 1 aliphatic rings. The minimum atomic E-state index is -0.811. The fourth-order valence-electron chi connectivity index (χ4n) is 3.26. The average molecular weight is 439 g/mol. The van der Waals surface area contributed by atoms with Gasteiger partial charge in [0.05, 0.1) is 0 Å². The molecule has 2 aromatic rings. The Bertz CT molecular complexity index is 1250. The first kappa shape index (κ1) is 22.6. The lowest BCUT2D eigenvalue weighted by molar-refractivity contribution is 0.0954. The maximum Gasteiger partial charge on any atom is 0.172 e. The summed E-state index contributed by atoms with van der Waals surface area (Å²) in [6, 6.07) is 18.1. The molecule has 0 saturated carbocycles. The van der Waals surface area contributed by atoms with Crippen LogP contribution >= 0.6 is 11.3 Å². The van der Waals surface area contributed by atoms with Crippen LogP contribution in [0.1, 0.15) is 29.2 Å². The maximum atomic E-state index is 9.62. The van der Waals surface area contributed by atoms with Crippen molar-refractivity contribution in [2.45, 2.75) is 19.4 Å². The zero-order valence-corrected chi connectivity index (χ0v) is 19.2. The lowest BCUT2D eigenvalue weighted by Gasteiger charge is -2.20. The Labute approximate surface area is 192 Å². The van der Waals surface area contributed by atoms with Crippen LogP contribution in [0.25, 0.3) is 18.2 Å². The molecule has 6 heteroatoms. The van der Waals surface area contributed by atoms with Crippen LogP contribution in [-0.4, -0.2) is 19.7 Å². The third-order valence-electron chi connectivity index (χ3n) is 4.98. The molecule has 0 saturated heterocycles. The van der Waals surface area contributed by atoms with Crippen LogP contribution < -0.4 is 4.90 Å². The van der Waals surface area contributed by atoms with E-state index < -0.39 is 5.60 Å². The van der Waals surface area contributed by atoms with Crippen LogP contribution in [0.3, 0.4) is 0 Å². The Balaban J connectivity index is 1.83. The Morgan fingerprint density at radius 2 is 1.50 bits per heavy atom. The summed E-state index contributed by atoms with van der Waals surface area (Å²) in [6.45, 7) is 3.63. The molecule has 1 aliphatic heterocycles. The average Bonchev–Trinajstić information content (AvgIpc) is 3.33. The minimum Gasteiger partial charge on any atom is -0.480 e. The van der Waals surface area contributed by atoms with Crippen LogP contribution in [0.2, 0.25) is 0 Å². The van der Waals surface area contributed by atoms with Crippen LogP contribution in [0.15, 0.2) is 65.0 Å². The van der Waals surface area contributed by atoms with Crippen molar-refractivity contribution < 1.29 is 4.74 Å². The monoisotopic (exact) mass is 438 g/mol. The van der Waals surface area contributed by atoms with E-state index in [0.717, 1.165) is 21.0 Å². The largest absolute Gasteiger partial charge is 0.480 e. The van der Waals surface area contributed by atoms with Crippen molar-refractivity contribution in [2.24, 2.45) is 0 Å². The van der Waals surface area contributed by atoms with E-state index in [2.05, 4.69) is 47.4 Å². The highest BCUT2D eigenvalue weighted by molar-refractivity contribution is 7.13. The molecule has 0 N–H and O–H groups in total. The highest BCUT2D eigenvalue weighted by Crippen LogP contribution is 2.40. The number of ether oxygens (including phenoxy) is 1. The van der Waals surface area contributed by atoms with Crippen molar-refractivity contribution in [3.05, 3.63) is 80.3 Å². The van der Waals surface area contributed by atoms with Gasteiger partial charge >= 0.3 is 0 Å². The molecule has 5 nitrogen and oxygen atoms in total. The van der Waals surface area contributed by atoms with Crippen molar-refractivity contribution in [2.75, 3.05) is 19.0 Å². The summed E-state index contributed by atoms with van der Waals surface area (Å²) in [5.41, 5.74) is 2.14. The molecular formula is C26H22N4OS.